The van der Waals surface area contributed by atoms with Gasteiger partial charge < -0.3 is 10.1 Å². The van der Waals surface area contributed by atoms with E-state index in [0.717, 1.165) is 5.69 Å². The predicted molar refractivity (Wildman–Crippen MR) is 67.2 cm³/mol. The molecule has 0 aromatic carbocycles. The normalized spacial score (nSPS) is 13.2. The van der Waals surface area contributed by atoms with E-state index in [0.29, 0.717) is 19.1 Å². The van der Waals surface area contributed by atoms with Crippen LogP contribution in [-0.4, -0.2) is 30.7 Å². The van der Waals surface area contributed by atoms with Crippen LogP contribution < -0.4 is 16.6 Å². The van der Waals surface area contributed by atoms with Crippen molar-refractivity contribution in [2.45, 2.75) is 19.5 Å². The molecule has 0 saturated heterocycles. The smallest absolute Gasteiger partial charge is 0.206 e. The molecule has 0 spiro atoms. The number of nitrogens with two attached hydrogens (primary N) is 1. The minimum Gasteiger partial charge on any atom is -0.383 e. The van der Waals surface area contributed by atoms with E-state index in [-0.39, 0.29) is 6.04 Å². The lowest BCUT2D eigenvalue weighted by atomic mass is 10.3. The van der Waals surface area contributed by atoms with E-state index >= 15 is 0 Å². The van der Waals surface area contributed by atoms with Crippen molar-refractivity contribution in [1.29, 1.82) is 0 Å². The second-order valence-electron chi connectivity index (χ2n) is 3.63. The van der Waals surface area contributed by atoms with E-state index in [9.17, 15) is 0 Å². The molecular formula is C11H19N5O. The third-order valence-corrected chi connectivity index (χ3v) is 2.06. The van der Waals surface area contributed by atoms with E-state index in [4.69, 9.17) is 10.6 Å². The van der Waals surface area contributed by atoms with Gasteiger partial charge in [-0.25, -0.2) is 10.8 Å². The van der Waals surface area contributed by atoms with Crippen molar-refractivity contribution in [2.24, 2.45) is 10.8 Å². The van der Waals surface area contributed by atoms with Gasteiger partial charge in [-0.3, -0.25) is 10.4 Å². The maximum absolute atomic E-state index is 5.38. The Morgan fingerprint density at radius 2 is 2.41 bits per heavy atom. The van der Waals surface area contributed by atoms with Crippen LogP contribution in [0.5, 0.6) is 0 Å². The zero-order chi connectivity index (χ0) is 12.5. The van der Waals surface area contributed by atoms with Gasteiger partial charge in [-0.15, -0.1) is 0 Å². The monoisotopic (exact) mass is 237 g/mol. The molecule has 1 heterocycles. The average Bonchev–Trinajstić information content (AvgIpc) is 2.36. The molecule has 0 aliphatic carbocycles. The fraction of sp³-hybridized carbons (Fsp3) is 0.455. The zero-order valence-corrected chi connectivity index (χ0v) is 10.2. The van der Waals surface area contributed by atoms with E-state index in [1.807, 2.05) is 25.1 Å². The van der Waals surface area contributed by atoms with Gasteiger partial charge >= 0.3 is 0 Å². The van der Waals surface area contributed by atoms with Gasteiger partial charge in [0.1, 0.15) is 0 Å². The van der Waals surface area contributed by atoms with Gasteiger partial charge in [0.15, 0.2) is 0 Å². The summed E-state index contributed by atoms with van der Waals surface area (Å²) in [5.41, 5.74) is 3.41. The lowest BCUT2D eigenvalue weighted by molar-refractivity contribution is 0.179. The number of hydrazine groups is 1. The standard InChI is InChI=1S/C11H19N5O/c1-9(8-17-2)15-11(16-12)14-7-10-5-3-4-6-13-10/h3-6,9H,7-8,12H2,1-2H3,(H2,14,15,16). The van der Waals surface area contributed by atoms with Crippen LogP contribution in [0.1, 0.15) is 12.6 Å². The highest BCUT2D eigenvalue weighted by Gasteiger charge is 2.03. The Morgan fingerprint density at radius 3 is 3.00 bits per heavy atom. The summed E-state index contributed by atoms with van der Waals surface area (Å²) in [5.74, 6) is 5.90. The van der Waals surface area contributed by atoms with E-state index in [2.05, 4.69) is 20.7 Å². The second kappa shape index (κ2) is 7.59. The third kappa shape index (κ3) is 5.28. The zero-order valence-electron chi connectivity index (χ0n) is 10.2. The summed E-state index contributed by atoms with van der Waals surface area (Å²) in [7, 11) is 1.65. The molecule has 0 bridgehead atoms. The van der Waals surface area contributed by atoms with Crippen molar-refractivity contribution < 1.29 is 4.74 Å². The number of hydrogen-bond donors (Lipinski definition) is 3. The van der Waals surface area contributed by atoms with E-state index < -0.39 is 0 Å². The number of methoxy groups -OCH3 is 1. The van der Waals surface area contributed by atoms with Crippen LogP contribution in [0.15, 0.2) is 29.4 Å². The minimum atomic E-state index is 0.138. The highest BCUT2D eigenvalue weighted by Crippen LogP contribution is 1.95. The summed E-state index contributed by atoms with van der Waals surface area (Å²) in [6.07, 6.45) is 1.74. The van der Waals surface area contributed by atoms with Crippen LogP contribution in [-0.2, 0) is 11.3 Å². The maximum atomic E-state index is 5.38. The first-order valence-corrected chi connectivity index (χ1v) is 5.42. The summed E-state index contributed by atoms with van der Waals surface area (Å²) in [5, 5.41) is 3.10. The summed E-state index contributed by atoms with van der Waals surface area (Å²) in [4.78, 5) is 8.46. The Hall–Kier alpha value is -1.66. The molecule has 0 fully saturated rings. The number of aliphatic imine (C=N–C) groups is 1. The van der Waals surface area contributed by atoms with Crippen molar-refractivity contribution in [3.8, 4) is 0 Å². The van der Waals surface area contributed by atoms with E-state index in [1.165, 1.54) is 0 Å². The van der Waals surface area contributed by atoms with E-state index in [1.54, 1.807) is 13.3 Å². The maximum Gasteiger partial charge on any atom is 0.206 e. The first kappa shape index (κ1) is 13.4. The summed E-state index contributed by atoms with van der Waals surface area (Å²) in [6, 6.07) is 5.84. The lowest BCUT2D eigenvalue weighted by Gasteiger charge is -2.15. The molecule has 1 unspecified atom stereocenters. The molecular weight excluding hydrogens is 218 g/mol. The Kier molecular flexibility index (Phi) is 5.98. The third-order valence-electron chi connectivity index (χ3n) is 2.06. The molecule has 0 aliphatic heterocycles. The van der Waals surface area contributed by atoms with Crippen molar-refractivity contribution in [2.75, 3.05) is 13.7 Å². The summed E-state index contributed by atoms with van der Waals surface area (Å²) in [6.45, 7) is 3.05. The largest absolute Gasteiger partial charge is 0.383 e. The molecule has 0 radical (unpaired) electrons. The van der Waals surface area contributed by atoms with Crippen LogP contribution in [0.25, 0.3) is 0 Å². The fourth-order valence-corrected chi connectivity index (χ4v) is 1.31. The van der Waals surface area contributed by atoms with Crippen molar-refractivity contribution in [3.63, 3.8) is 0 Å². The fourth-order valence-electron chi connectivity index (χ4n) is 1.31. The van der Waals surface area contributed by atoms with Gasteiger partial charge in [0.05, 0.1) is 18.8 Å². The molecule has 1 aromatic rings. The highest BCUT2D eigenvalue weighted by atomic mass is 16.5. The Balaban J connectivity index is 2.49. The number of rotatable bonds is 5. The van der Waals surface area contributed by atoms with Crippen LogP contribution in [0.4, 0.5) is 0 Å². The molecule has 1 rings (SSSR count). The minimum absolute atomic E-state index is 0.138. The first-order chi connectivity index (χ1) is 8.26. The number of ether oxygens (including phenoxy) is 1. The molecule has 1 atom stereocenters. The van der Waals surface area contributed by atoms with Crippen LogP contribution >= 0.6 is 0 Å². The van der Waals surface area contributed by atoms with Crippen LogP contribution in [0.2, 0.25) is 0 Å². The molecule has 0 amide bonds. The quantitative estimate of drug-likeness (QED) is 0.291. The number of nitrogens with zero attached hydrogens (tertiary/aromatic N) is 2. The summed E-state index contributed by atoms with van der Waals surface area (Å²) < 4.78 is 5.01. The number of guanidine groups is 1. The van der Waals surface area contributed by atoms with Crippen molar-refractivity contribution >= 4 is 5.96 Å². The lowest BCUT2D eigenvalue weighted by Crippen LogP contribution is -2.46. The molecule has 1 aromatic heterocycles. The SMILES string of the molecule is COCC(C)NC(=NCc1ccccn1)NN. The average molecular weight is 237 g/mol. The highest BCUT2D eigenvalue weighted by molar-refractivity contribution is 5.79. The molecule has 0 saturated carbocycles. The van der Waals surface area contributed by atoms with Crippen LogP contribution in [0.3, 0.4) is 0 Å². The first-order valence-electron chi connectivity index (χ1n) is 5.42. The van der Waals surface area contributed by atoms with Gasteiger partial charge in [0, 0.05) is 19.3 Å². The number of hydrogen-bond acceptors (Lipinski definition) is 4. The molecule has 0 aliphatic rings. The molecule has 4 N–H and O–H groups in total. The Labute approximate surface area is 101 Å². The Morgan fingerprint density at radius 1 is 1.59 bits per heavy atom. The molecule has 6 heteroatoms. The number of aromatic nitrogens is 1. The second-order valence-corrected chi connectivity index (χ2v) is 3.63. The molecule has 17 heavy (non-hydrogen) atoms. The van der Waals surface area contributed by atoms with Crippen LogP contribution in [0, 0.1) is 0 Å². The van der Waals surface area contributed by atoms with Gasteiger partial charge in [0.25, 0.3) is 0 Å². The van der Waals surface area contributed by atoms with Crippen molar-refractivity contribution in [1.82, 2.24) is 15.7 Å². The van der Waals surface area contributed by atoms with Gasteiger partial charge in [-0.05, 0) is 19.1 Å². The van der Waals surface area contributed by atoms with Crippen molar-refractivity contribution in [3.05, 3.63) is 30.1 Å². The Bertz CT molecular complexity index is 341. The molecule has 94 valence electrons. The number of nitrogens with one attached hydrogen (secondary N) is 2. The molecule has 6 nitrogen and oxygen atoms in total. The topological polar surface area (TPSA) is 84.6 Å². The predicted octanol–water partition coefficient (Wildman–Crippen LogP) is 0.0254. The van der Waals surface area contributed by atoms with Gasteiger partial charge in [0.2, 0.25) is 5.96 Å². The van der Waals surface area contributed by atoms with Gasteiger partial charge in [-0.1, -0.05) is 6.07 Å². The van der Waals surface area contributed by atoms with Gasteiger partial charge in [-0.2, -0.15) is 0 Å². The number of pyridine rings is 1. The summed E-state index contributed by atoms with van der Waals surface area (Å²) >= 11 is 0.